The molecule has 3 rings (SSSR count). The molecule has 2 aliphatic rings. The van der Waals surface area contributed by atoms with Gasteiger partial charge in [-0.25, -0.2) is 14.8 Å². The molecule has 1 aliphatic heterocycles. The van der Waals surface area contributed by atoms with Crippen molar-refractivity contribution in [3.8, 4) is 0 Å². The molecule has 2 heterocycles. The maximum Gasteiger partial charge on any atom is 0.329 e. The summed E-state index contributed by atoms with van der Waals surface area (Å²) in [7, 11) is -2.16. The van der Waals surface area contributed by atoms with E-state index in [1.165, 1.54) is 11.8 Å². The zero-order valence-electron chi connectivity index (χ0n) is 23.4. The minimum absolute atomic E-state index is 0.0800. The van der Waals surface area contributed by atoms with Gasteiger partial charge in [0.2, 0.25) is 0 Å². The summed E-state index contributed by atoms with van der Waals surface area (Å²) in [5.74, 6) is 0.111. The lowest BCUT2D eigenvalue weighted by Crippen LogP contribution is -2.64. The molecule has 0 spiro atoms. The second kappa shape index (κ2) is 11.9. The number of hydrogen-bond acceptors (Lipinski definition) is 8. The second-order valence-corrected chi connectivity index (χ2v) is 17.5. The number of esters is 1. The van der Waals surface area contributed by atoms with Crippen LogP contribution in [-0.2, 0) is 14.0 Å². The van der Waals surface area contributed by atoms with Crippen molar-refractivity contribution in [1.29, 1.82) is 0 Å². The summed E-state index contributed by atoms with van der Waals surface area (Å²) in [5.41, 5.74) is 1.45. The lowest BCUT2D eigenvalue weighted by molar-refractivity contribution is -0.145. The predicted molar refractivity (Wildman–Crippen MR) is 148 cm³/mol. The van der Waals surface area contributed by atoms with Crippen LogP contribution in [0.15, 0.2) is 11.4 Å². The van der Waals surface area contributed by atoms with E-state index in [0.717, 1.165) is 32.1 Å². The Morgan fingerprint density at radius 2 is 1.75 bits per heavy atom. The SMILES string of the molecule is CCOC(=O)C1CC(=O)c2cnc(SC)nc2N1C1(CO[Si](C(C)C)(C(C)C)C(C)C)CCCCC1. The van der Waals surface area contributed by atoms with Crippen molar-refractivity contribution in [1.82, 2.24) is 9.97 Å². The number of fused-ring (bicyclic) bond motifs is 1. The average Bonchev–Trinajstić information content (AvgIpc) is 2.84. The molecule has 1 atom stereocenters. The molecule has 0 saturated heterocycles. The minimum Gasteiger partial charge on any atom is -0.464 e. The summed E-state index contributed by atoms with van der Waals surface area (Å²) in [4.78, 5) is 37.9. The fourth-order valence-corrected chi connectivity index (χ4v) is 12.6. The number of hydrogen-bond donors (Lipinski definition) is 0. The van der Waals surface area contributed by atoms with E-state index in [2.05, 4.69) is 51.4 Å². The molecule has 202 valence electrons. The van der Waals surface area contributed by atoms with E-state index >= 15 is 0 Å². The Bertz CT molecular complexity index is 912. The third-order valence-electron chi connectivity index (χ3n) is 8.30. The normalized spacial score (nSPS) is 20.2. The lowest BCUT2D eigenvalue weighted by Gasteiger charge is -2.53. The average molecular weight is 536 g/mol. The summed E-state index contributed by atoms with van der Waals surface area (Å²) in [6.07, 6.45) is 8.70. The summed E-state index contributed by atoms with van der Waals surface area (Å²) < 4.78 is 12.7. The van der Waals surface area contributed by atoms with Crippen LogP contribution in [0.1, 0.15) is 97.3 Å². The van der Waals surface area contributed by atoms with Crippen molar-refractivity contribution >= 4 is 37.6 Å². The molecule has 1 unspecified atom stereocenters. The molecule has 0 N–H and O–H groups in total. The fourth-order valence-electron chi connectivity index (χ4n) is 6.77. The van der Waals surface area contributed by atoms with Gasteiger partial charge in [-0.15, -0.1) is 0 Å². The van der Waals surface area contributed by atoms with E-state index < -0.39 is 19.9 Å². The van der Waals surface area contributed by atoms with Gasteiger partial charge in [-0.2, -0.15) is 0 Å². The lowest BCUT2D eigenvalue weighted by atomic mass is 9.78. The molecular weight excluding hydrogens is 490 g/mol. The van der Waals surface area contributed by atoms with Gasteiger partial charge < -0.3 is 14.1 Å². The van der Waals surface area contributed by atoms with Gasteiger partial charge in [0.25, 0.3) is 0 Å². The summed E-state index contributed by atoms with van der Waals surface area (Å²) in [6.45, 7) is 16.4. The van der Waals surface area contributed by atoms with Crippen molar-refractivity contribution < 1.29 is 18.8 Å². The number of aromatic nitrogens is 2. The number of carbonyl (C=O) groups excluding carboxylic acids is 2. The molecule has 0 amide bonds. The Hall–Kier alpha value is -1.45. The first kappa shape index (κ1) is 29.1. The molecule has 0 aromatic carbocycles. The topological polar surface area (TPSA) is 81.6 Å². The highest BCUT2D eigenvalue weighted by atomic mass is 32.2. The van der Waals surface area contributed by atoms with E-state index in [1.54, 1.807) is 6.20 Å². The second-order valence-electron chi connectivity index (χ2n) is 11.3. The molecule has 1 fully saturated rings. The van der Waals surface area contributed by atoms with Gasteiger partial charge in [-0.3, -0.25) is 4.79 Å². The Labute approximate surface area is 222 Å². The highest BCUT2D eigenvalue weighted by Gasteiger charge is 2.52. The van der Waals surface area contributed by atoms with Gasteiger partial charge in [0, 0.05) is 12.6 Å². The van der Waals surface area contributed by atoms with Crippen LogP contribution in [0.5, 0.6) is 0 Å². The molecule has 1 saturated carbocycles. The van der Waals surface area contributed by atoms with E-state index in [1.807, 2.05) is 13.2 Å². The molecule has 1 aliphatic carbocycles. The number of thioether (sulfide) groups is 1. The van der Waals surface area contributed by atoms with Gasteiger partial charge in [0.1, 0.15) is 11.9 Å². The van der Waals surface area contributed by atoms with Crippen molar-refractivity contribution in [2.75, 3.05) is 24.4 Å². The van der Waals surface area contributed by atoms with Crippen LogP contribution in [0.2, 0.25) is 16.6 Å². The molecule has 9 heteroatoms. The zero-order chi connectivity index (χ0) is 26.7. The van der Waals surface area contributed by atoms with Crippen LogP contribution in [0, 0.1) is 0 Å². The van der Waals surface area contributed by atoms with E-state index in [-0.39, 0.29) is 24.8 Å². The number of ether oxygens (including phenoxy) is 1. The fraction of sp³-hybridized carbons (Fsp3) is 0.778. The standard InChI is InChI=1S/C27H45N3O4SSi/c1-9-33-25(32)22-15-23(31)21-16-28-26(35-8)29-24(21)30(22)27(13-11-10-12-14-27)17-34-36(18(2)3,19(4)5)20(6)7/h16,18-20,22H,9-15,17H2,1-8H3. The predicted octanol–water partition coefficient (Wildman–Crippen LogP) is 6.42. The molecule has 7 nitrogen and oxygen atoms in total. The van der Waals surface area contributed by atoms with Crippen LogP contribution in [0.3, 0.4) is 0 Å². The number of carbonyl (C=O) groups is 2. The zero-order valence-corrected chi connectivity index (χ0v) is 25.2. The van der Waals surface area contributed by atoms with Gasteiger partial charge >= 0.3 is 5.97 Å². The molecular formula is C27H45N3O4SSi. The molecule has 0 radical (unpaired) electrons. The Morgan fingerprint density at radius 1 is 1.14 bits per heavy atom. The van der Waals surface area contributed by atoms with Crippen LogP contribution in [0.25, 0.3) is 0 Å². The van der Waals surface area contributed by atoms with Gasteiger partial charge in [0.15, 0.2) is 19.3 Å². The molecule has 0 bridgehead atoms. The van der Waals surface area contributed by atoms with Crippen molar-refractivity contribution in [3.05, 3.63) is 11.8 Å². The molecule has 1 aromatic heterocycles. The van der Waals surface area contributed by atoms with E-state index in [9.17, 15) is 9.59 Å². The highest BCUT2D eigenvalue weighted by molar-refractivity contribution is 7.98. The monoisotopic (exact) mass is 535 g/mol. The minimum atomic E-state index is -2.16. The molecule has 1 aromatic rings. The third kappa shape index (κ3) is 5.39. The Morgan fingerprint density at radius 3 is 2.28 bits per heavy atom. The smallest absolute Gasteiger partial charge is 0.329 e. The van der Waals surface area contributed by atoms with Crippen LogP contribution < -0.4 is 4.90 Å². The summed E-state index contributed by atoms with van der Waals surface area (Å²) in [6, 6.07) is -0.704. The van der Waals surface area contributed by atoms with Gasteiger partial charge in [-0.05, 0) is 42.6 Å². The third-order valence-corrected chi connectivity index (χ3v) is 14.9. The van der Waals surface area contributed by atoms with Gasteiger partial charge in [-0.1, -0.05) is 72.6 Å². The maximum atomic E-state index is 13.3. The van der Waals surface area contributed by atoms with Crippen LogP contribution >= 0.6 is 11.8 Å². The summed E-state index contributed by atoms with van der Waals surface area (Å²) >= 11 is 1.44. The van der Waals surface area contributed by atoms with Gasteiger partial charge in [0.05, 0.1) is 24.3 Å². The van der Waals surface area contributed by atoms with Crippen LogP contribution in [-0.4, -0.2) is 61.1 Å². The number of nitrogens with zero attached hydrogens (tertiary/aromatic N) is 3. The first-order valence-electron chi connectivity index (χ1n) is 13.6. The number of Topliss-reactive ketones (excluding diaryl/α,β-unsaturated/α-hetero) is 1. The van der Waals surface area contributed by atoms with E-state index in [0.29, 0.717) is 39.8 Å². The first-order valence-corrected chi connectivity index (χ1v) is 16.9. The molecule has 36 heavy (non-hydrogen) atoms. The van der Waals surface area contributed by atoms with Crippen molar-refractivity contribution in [2.24, 2.45) is 0 Å². The Balaban J connectivity index is 2.16. The highest BCUT2D eigenvalue weighted by Crippen LogP contribution is 2.47. The quantitative estimate of drug-likeness (QED) is 0.147. The summed E-state index contributed by atoms with van der Waals surface area (Å²) in [5, 5.41) is 0.596. The number of anilines is 1. The van der Waals surface area contributed by atoms with Crippen molar-refractivity contribution in [2.45, 2.75) is 120 Å². The number of rotatable bonds is 10. The largest absolute Gasteiger partial charge is 0.464 e. The Kier molecular flexibility index (Phi) is 9.66. The van der Waals surface area contributed by atoms with Crippen LogP contribution in [0.4, 0.5) is 5.82 Å². The maximum absolute atomic E-state index is 13.3. The van der Waals surface area contributed by atoms with Crippen molar-refractivity contribution in [3.63, 3.8) is 0 Å². The number of ketones is 1. The first-order chi connectivity index (χ1) is 17.0. The van der Waals surface area contributed by atoms with E-state index in [4.69, 9.17) is 14.1 Å².